The van der Waals surface area contributed by atoms with E-state index in [0.29, 0.717) is 43.1 Å². The summed E-state index contributed by atoms with van der Waals surface area (Å²) in [5, 5.41) is 14.2. The maximum absolute atomic E-state index is 12.9. The fraction of sp³-hybridized carbons (Fsp3) is 0.300. The fourth-order valence-corrected chi connectivity index (χ4v) is 3.36. The Bertz CT molecular complexity index is 925. The number of quaternary nitrogens is 1. The number of halogens is 1. The Labute approximate surface area is 167 Å². The van der Waals surface area contributed by atoms with E-state index in [1.165, 1.54) is 37.3 Å². The van der Waals surface area contributed by atoms with Gasteiger partial charge in [-0.15, -0.1) is 0 Å². The predicted molar refractivity (Wildman–Crippen MR) is 106 cm³/mol. The molecule has 0 unspecified atom stereocenters. The molecule has 0 saturated carbocycles. The summed E-state index contributed by atoms with van der Waals surface area (Å²) < 4.78 is 12.9. The number of carbonyl (C=O) groups excluding carboxylic acids is 2. The lowest BCUT2D eigenvalue weighted by atomic mass is 10.1. The van der Waals surface area contributed by atoms with Crippen molar-refractivity contribution in [2.75, 3.05) is 42.9 Å². The maximum atomic E-state index is 12.9. The average Bonchev–Trinajstić information content (AvgIpc) is 2.69. The molecule has 152 valence electrons. The van der Waals surface area contributed by atoms with Gasteiger partial charge < -0.3 is 15.1 Å². The highest BCUT2D eigenvalue weighted by molar-refractivity contribution is 5.95. The number of hydrogen-bond acceptors (Lipinski definition) is 5. The fourth-order valence-electron chi connectivity index (χ4n) is 3.36. The van der Waals surface area contributed by atoms with E-state index in [0.717, 1.165) is 4.90 Å². The van der Waals surface area contributed by atoms with Crippen LogP contribution in [-0.4, -0.2) is 49.3 Å². The van der Waals surface area contributed by atoms with Crippen LogP contribution in [0.4, 0.5) is 21.5 Å². The third-order valence-corrected chi connectivity index (χ3v) is 4.93. The highest BCUT2D eigenvalue weighted by atomic mass is 19.1. The molecular weight excluding hydrogens is 379 g/mol. The molecule has 3 rings (SSSR count). The van der Waals surface area contributed by atoms with Crippen molar-refractivity contribution in [2.24, 2.45) is 0 Å². The molecular formula is C20H22FN4O4+. The van der Waals surface area contributed by atoms with E-state index >= 15 is 0 Å². The molecule has 1 aliphatic rings. The number of piperazine rings is 1. The van der Waals surface area contributed by atoms with Gasteiger partial charge in [0.1, 0.15) is 11.5 Å². The molecule has 2 aromatic carbocycles. The average molecular weight is 401 g/mol. The van der Waals surface area contributed by atoms with Gasteiger partial charge in [0.25, 0.3) is 11.6 Å². The van der Waals surface area contributed by atoms with E-state index in [-0.39, 0.29) is 29.7 Å². The first-order valence-corrected chi connectivity index (χ1v) is 9.27. The highest BCUT2D eigenvalue weighted by Gasteiger charge is 2.27. The number of hydrogen-bond donors (Lipinski definition) is 2. The first-order valence-electron chi connectivity index (χ1n) is 9.27. The molecule has 29 heavy (non-hydrogen) atoms. The van der Waals surface area contributed by atoms with E-state index < -0.39 is 4.92 Å². The molecule has 0 radical (unpaired) electrons. The topological polar surface area (TPSA) is 97.0 Å². The van der Waals surface area contributed by atoms with E-state index in [2.05, 4.69) is 5.32 Å². The molecule has 9 heteroatoms. The lowest BCUT2D eigenvalue weighted by Crippen LogP contribution is -3.15. The van der Waals surface area contributed by atoms with Gasteiger partial charge in [0.15, 0.2) is 12.3 Å². The van der Waals surface area contributed by atoms with E-state index in [1.54, 1.807) is 12.1 Å². The summed E-state index contributed by atoms with van der Waals surface area (Å²) in [6.07, 6.45) is 0. The zero-order chi connectivity index (χ0) is 21.0. The summed E-state index contributed by atoms with van der Waals surface area (Å²) >= 11 is 0. The molecule has 0 aromatic heterocycles. The third-order valence-electron chi connectivity index (χ3n) is 4.93. The van der Waals surface area contributed by atoms with Crippen LogP contribution in [-0.2, 0) is 4.79 Å². The van der Waals surface area contributed by atoms with Crippen LogP contribution in [0.15, 0.2) is 42.5 Å². The van der Waals surface area contributed by atoms with Crippen molar-refractivity contribution in [1.82, 2.24) is 0 Å². The highest BCUT2D eigenvalue weighted by Crippen LogP contribution is 2.29. The van der Waals surface area contributed by atoms with Crippen LogP contribution in [0.2, 0.25) is 0 Å². The third kappa shape index (κ3) is 5.14. The normalized spacial score (nSPS) is 14.5. The lowest BCUT2D eigenvalue weighted by Gasteiger charge is -2.33. The van der Waals surface area contributed by atoms with Crippen LogP contribution in [0.25, 0.3) is 0 Å². The molecule has 0 aliphatic carbocycles. The smallest absolute Gasteiger partial charge is 0.293 e. The van der Waals surface area contributed by atoms with Crippen molar-refractivity contribution in [2.45, 2.75) is 6.92 Å². The van der Waals surface area contributed by atoms with Gasteiger partial charge in [-0.1, -0.05) is 0 Å². The summed E-state index contributed by atoms with van der Waals surface area (Å²) in [6.45, 7) is 4.03. The minimum atomic E-state index is -0.475. The Balaban J connectivity index is 1.59. The Morgan fingerprint density at radius 2 is 1.83 bits per heavy atom. The molecule has 2 aromatic rings. The molecule has 1 aliphatic heterocycles. The lowest BCUT2D eigenvalue weighted by molar-refractivity contribution is -0.892. The number of ketones is 1. The quantitative estimate of drug-likeness (QED) is 0.432. The largest absolute Gasteiger partial charge is 0.355 e. The molecule has 0 spiro atoms. The molecule has 1 saturated heterocycles. The van der Waals surface area contributed by atoms with Crippen molar-refractivity contribution < 1.29 is 23.8 Å². The van der Waals surface area contributed by atoms with E-state index in [9.17, 15) is 24.1 Å². The molecule has 0 bridgehead atoms. The molecule has 2 N–H and O–H groups in total. The number of anilines is 2. The molecule has 0 atom stereocenters. The second-order valence-electron chi connectivity index (χ2n) is 6.99. The summed E-state index contributed by atoms with van der Waals surface area (Å²) in [7, 11) is 0. The minimum absolute atomic E-state index is 0.0878. The van der Waals surface area contributed by atoms with Crippen LogP contribution in [0.1, 0.15) is 17.3 Å². The minimum Gasteiger partial charge on any atom is -0.355 e. The van der Waals surface area contributed by atoms with Crippen molar-refractivity contribution in [3.63, 3.8) is 0 Å². The second kappa shape index (κ2) is 8.78. The zero-order valence-corrected chi connectivity index (χ0v) is 16.0. The number of nitro benzene ring substituents is 1. The number of nitrogens with zero attached hydrogens (tertiary/aromatic N) is 2. The van der Waals surface area contributed by atoms with Gasteiger partial charge in [-0.25, -0.2) is 4.39 Å². The molecule has 1 heterocycles. The van der Waals surface area contributed by atoms with Crippen molar-refractivity contribution in [1.29, 1.82) is 0 Å². The Hall–Kier alpha value is -3.33. The molecule has 8 nitrogen and oxygen atoms in total. The van der Waals surface area contributed by atoms with E-state index in [4.69, 9.17) is 0 Å². The van der Waals surface area contributed by atoms with Crippen molar-refractivity contribution in [3.05, 3.63) is 64.0 Å². The number of Topliss-reactive ketones (excluding diaryl/α,β-unsaturated/α-hetero) is 1. The number of rotatable bonds is 6. The van der Waals surface area contributed by atoms with Gasteiger partial charge in [0.05, 0.1) is 31.1 Å². The maximum Gasteiger partial charge on any atom is 0.293 e. The first kappa shape index (κ1) is 20.4. The number of carbonyl (C=O) groups is 2. The Morgan fingerprint density at radius 3 is 2.41 bits per heavy atom. The van der Waals surface area contributed by atoms with Crippen molar-refractivity contribution >= 4 is 28.8 Å². The standard InChI is InChI=1S/C20H21FN4O4/c1-14(26)15-2-7-18(19(12-15)25(28)29)24-10-8-23(9-11-24)13-20(27)22-17-5-3-16(21)4-6-17/h2-7,12H,8-11,13H2,1H3,(H,22,27)/p+1. The van der Waals surface area contributed by atoms with Crippen molar-refractivity contribution in [3.8, 4) is 0 Å². The summed E-state index contributed by atoms with van der Waals surface area (Å²) in [4.78, 5) is 37.6. The van der Waals surface area contributed by atoms with Gasteiger partial charge in [0, 0.05) is 17.3 Å². The Kier molecular flexibility index (Phi) is 6.18. The van der Waals surface area contributed by atoms with Gasteiger partial charge in [-0.05, 0) is 43.3 Å². The SMILES string of the molecule is CC(=O)c1ccc(N2CC[NH+](CC(=O)Nc3ccc(F)cc3)CC2)c([N+](=O)[O-])c1. The van der Waals surface area contributed by atoms with Crippen LogP contribution in [0, 0.1) is 15.9 Å². The summed E-state index contributed by atoms with van der Waals surface area (Å²) in [5.74, 6) is -0.756. The van der Waals surface area contributed by atoms with Gasteiger partial charge in [-0.3, -0.25) is 19.7 Å². The number of amides is 1. The number of benzene rings is 2. The van der Waals surface area contributed by atoms with Crippen LogP contribution < -0.4 is 15.1 Å². The predicted octanol–water partition coefficient (Wildman–Crippen LogP) is 1.28. The monoisotopic (exact) mass is 401 g/mol. The van der Waals surface area contributed by atoms with Gasteiger partial charge in [0.2, 0.25) is 0 Å². The summed E-state index contributed by atoms with van der Waals surface area (Å²) in [6, 6.07) is 10.1. The zero-order valence-electron chi connectivity index (χ0n) is 16.0. The molecule has 1 fully saturated rings. The first-order chi connectivity index (χ1) is 13.8. The van der Waals surface area contributed by atoms with Gasteiger partial charge >= 0.3 is 0 Å². The van der Waals surface area contributed by atoms with Crippen LogP contribution in [0.3, 0.4) is 0 Å². The Morgan fingerprint density at radius 1 is 1.17 bits per heavy atom. The number of nitrogens with one attached hydrogen (secondary N) is 2. The van der Waals surface area contributed by atoms with Crippen LogP contribution in [0.5, 0.6) is 0 Å². The van der Waals surface area contributed by atoms with E-state index in [1.807, 2.05) is 4.90 Å². The second-order valence-corrected chi connectivity index (χ2v) is 6.99. The molecule has 1 amide bonds. The summed E-state index contributed by atoms with van der Waals surface area (Å²) in [5.41, 5.74) is 1.24. The van der Waals surface area contributed by atoms with Crippen LogP contribution >= 0.6 is 0 Å². The number of nitro groups is 1. The van der Waals surface area contributed by atoms with Gasteiger partial charge in [-0.2, -0.15) is 0 Å².